The average Bonchev–Trinajstić information content (AvgIpc) is 2.97. The number of thiophene rings is 1. The molecule has 114 valence electrons. The number of urea groups is 1. The van der Waals surface area contributed by atoms with Crippen molar-refractivity contribution in [2.24, 2.45) is 0 Å². The molecule has 8 nitrogen and oxygen atoms in total. The summed E-state index contributed by atoms with van der Waals surface area (Å²) in [5.41, 5.74) is -0.935. The summed E-state index contributed by atoms with van der Waals surface area (Å²) in [7, 11) is 0. The van der Waals surface area contributed by atoms with Gasteiger partial charge in [-0.15, -0.1) is 0 Å². The molecule has 9 heteroatoms. The van der Waals surface area contributed by atoms with E-state index in [0.717, 1.165) is 11.3 Å². The molecule has 3 heterocycles. The van der Waals surface area contributed by atoms with E-state index in [4.69, 9.17) is 4.74 Å². The molecule has 0 unspecified atom stereocenters. The van der Waals surface area contributed by atoms with E-state index in [9.17, 15) is 20.0 Å². The van der Waals surface area contributed by atoms with Crippen LogP contribution in [-0.4, -0.2) is 45.8 Å². The summed E-state index contributed by atoms with van der Waals surface area (Å²) in [6.07, 6.45) is -0.966. The molecule has 2 atom stereocenters. The Labute approximate surface area is 124 Å². The van der Waals surface area contributed by atoms with Crippen molar-refractivity contribution in [3.8, 4) is 5.75 Å². The first-order chi connectivity index (χ1) is 9.81. The summed E-state index contributed by atoms with van der Waals surface area (Å²) < 4.78 is 5.69. The van der Waals surface area contributed by atoms with Crippen molar-refractivity contribution in [3.05, 3.63) is 21.1 Å². The van der Waals surface area contributed by atoms with Gasteiger partial charge >= 0.3 is 11.0 Å². The van der Waals surface area contributed by atoms with Crippen LogP contribution in [0.5, 0.6) is 5.75 Å². The molecule has 3 rings (SSSR count). The molecular weight excluding hydrogens is 298 g/mol. The van der Waals surface area contributed by atoms with Gasteiger partial charge in [-0.2, -0.15) is 0 Å². The number of aliphatic hydroxyl groups excluding tert-OH is 1. The maximum atomic E-state index is 11.9. The highest BCUT2D eigenvalue weighted by Gasteiger charge is 2.49. The molecule has 21 heavy (non-hydrogen) atoms. The molecule has 0 radical (unpaired) electrons. The van der Waals surface area contributed by atoms with E-state index in [0.29, 0.717) is 23.7 Å². The summed E-state index contributed by atoms with van der Waals surface area (Å²) in [6, 6.07) is 0.443. The smallest absolute Gasteiger partial charge is 0.328 e. The number of hydrogen-bond donors (Lipinski definition) is 2. The van der Waals surface area contributed by atoms with Crippen molar-refractivity contribution in [3.63, 3.8) is 0 Å². The highest BCUT2D eigenvalue weighted by molar-refractivity contribution is 7.15. The van der Waals surface area contributed by atoms with Crippen LogP contribution in [0.1, 0.15) is 24.8 Å². The number of amides is 2. The summed E-state index contributed by atoms with van der Waals surface area (Å²) >= 11 is 0.939. The SMILES string of the molecule is CC1(C)Oc2cc([N+](=O)[O-])sc2[C@@H](N2CCNC2=O)[C@@H]1O. The Bertz CT molecular complexity index is 614. The largest absolute Gasteiger partial charge is 0.484 e. The lowest BCUT2D eigenvalue weighted by atomic mass is 9.90. The fourth-order valence-corrected chi connectivity index (χ4v) is 3.73. The Balaban J connectivity index is 2.09. The summed E-state index contributed by atoms with van der Waals surface area (Å²) in [5, 5.41) is 24.1. The highest BCUT2D eigenvalue weighted by atomic mass is 32.1. The first-order valence-electron chi connectivity index (χ1n) is 6.51. The van der Waals surface area contributed by atoms with E-state index >= 15 is 0 Å². The molecule has 0 bridgehead atoms. The average molecular weight is 313 g/mol. The fraction of sp³-hybridized carbons (Fsp3) is 0.583. The number of ether oxygens (including phenoxy) is 1. The Kier molecular flexibility index (Phi) is 3.06. The molecule has 2 amide bonds. The van der Waals surface area contributed by atoms with Crippen molar-refractivity contribution in [2.75, 3.05) is 13.1 Å². The molecule has 2 N–H and O–H groups in total. The molecule has 0 aromatic carbocycles. The number of rotatable bonds is 2. The number of nitrogens with one attached hydrogen (secondary N) is 1. The zero-order valence-electron chi connectivity index (χ0n) is 11.5. The van der Waals surface area contributed by atoms with Gasteiger partial charge in [0.15, 0.2) is 0 Å². The van der Waals surface area contributed by atoms with Crippen molar-refractivity contribution < 1.29 is 19.6 Å². The van der Waals surface area contributed by atoms with Gasteiger partial charge in [0.2, 0.25) is 0 Å². The Morgan fingerprint density at radius 1 is 1.62 bits per heavy atom. The van der Waals surface area contributed by atoms with E-state index in [1.807, 2.05) is 0 Å². The van der Waals surface area contributed by atoms with Crippen LogP contribution >= 0.6 is 11.3 Å². The first kappa shape index (κ1) is 14.1. The Morgan fingerprint density at radius 3 is 2.90 bits per heavy atom. The monoisotopic (exact) mass is 313 g/mol. The number of aliphatic hydroxyl groups is 1. The summed E-state index contributed by atoms with van der Waals surface area (Å²) in [4.78, 5) is 24.4. The summed E-state index contributed by atoms with van der Waals surface area (Å²) in [6.45, 7) is 4.34. The van der Waals surface area contributed by atoms with Crippen molar-refractivity contribution in [2.45, 2.75) is 31.6 Å². The van der Waals surface area contributed by atoms with Crippen molar-refractivity contribution in [1.82, 2.24) is 10.2 Å². The van der Waals surface area contributed by atoms with E-state index < -0.39 is 22.7 Å². The van der Waals surface area contributed by atoms with Crippen LogP contribution in [0, 0.1) is 10.1 Å². The van der Waals surface area contributed by atoms with Crippen LogP contribution in [0.2, 0.25) is 0 Å². The van der Waals surface area contributed by atoms with Crippen LogP contribution in [0.15, 0.2) is 6.07 Å². The molecule has 2 aliphatic heterocycles. The van der Waals surface area contributed by atoms with E-state index in [1.165, 1.54) is 11.0 Å². The van der Waals surface area contributed by atoms with Gasteiger partial charge in [-0.3, -0.25) is 10.1 Å². The molecule has 0 spiro atoms. The second-order valence-electron chi connectivity index (χ2n) is 5.59. The topological polar surface area (TPSA) is 105 Å². The van der Waals surface area contributed by atoms with Gasteiger partial charge < -0.3 is 20.1 Å². The minimum Gasteiger partial charge on any atom is -0.484 e. The maximum absolute atomic E-state index is 11.9. The summed E-state index contributed by atoms with van der Waals surface area (Å²) in [5.74, 6) is 0.367. The van der Waals surface area contributed by atoms with E-state index in [2.05, 4.69) is 5.32 Å². The number of hydrogen-bond acceptors (Lipinski definition) is 6. The lowest BCUT2D eigenvalue weighted by Crippen LogP contribution is -2.53. The van der Waals surface area contributed by atoms with Gasteiger partial charge in [0.1, 0.15) is 23.5 Å². The molecule has 0 saturated carbocycles. The molecule has 2 aliphatic rings. The van der Waals surface area contributed by atoms with Crippen LogP contribution in [-0.2, 0) is 0 Å². The van der Waals surface area contributed by atoms with Gasteiger partial charge in [-0.1, -0.05) is 11.3 Å². The third-order valence-electron chi connectivity index (χ3n) is 3.77. The van der Waals surface area contributed by atoms with Gasteiger partial charge in [0.25, 0.3) is 0 Å². The van der Waals surface area contributed by atoms with Crippen LogP contribution in [0.25, 0.3) is 0 Å². The number of carbonyl (C=O) groups is 1. The van der Waals surface area contributed by atoms with E-state index in [1.54, 1.807) is 13.8 Å². The van der Waals surface area contributed by atoms with Gasteiger partial charge in [0, 0.05) is 13.1 Å². The number of fused-ring (bicyclic) bond motifs is 1. The molecule has 1 saturated heterocycles. The van der Waals surface area contributed by atoms with Crippen LogP contribution in [0.4, 0.5) is 9.80 Å². The molecule has 0 aliphatic carbocycles. The minimum atomic E-state index is -0.966. The highest BCUT2D eigenvalue weighted by Crippen LogP contribution is 2.49. The Hall–Kier alpha value is -1.87. The lowest BCUT2D eigenvalue weighted by molar-refractivity contribution is -0.380. The third-order valence-corrected chi connectivity index (χ3v) is 4.91. The van der Waals surface area contributed by atoms with Crippen molar-refractivity contribution >= 4 is 22.4 Å². The predicted molar refractivity (Wildman–Crippen MR) is 74.5 cm³/mol. The number of nitro groups is 1. The third kappa shape index (κ3) is 2.12. The normalized spacial score (nSPS) is 27.0. The minimum absolute atomic E-state index is 0.0606. The molecule has 1 fully saturated rings. The van der Waals surface area contributed by atoms with Gasteiger partial charge in [0.05, 0.1) is 15.9 Å². The van der Waals surface area contributed by atoms with E-state index in [-0.39, 0.29) is 11.0 Å². The van der Waals surface area contributed by atoms with Crippen molar-refractivity contribution in [1.29, 1.82) is 0 Å². The number of nitrogens with zero attached hydrogens (tertiary/aromatic N) is 2. The predicted octanol–water partition coefficient (Wildman–Crippen LogP) is 1.25. The number of carbonyl (C=O) groups excluding carboxylic acids is 1. The zero-order chi connectivity index (χ0) is 15.4. The van der Waals surface area contributed by atoms with Gasteiger partial charge in [-0.25, -0.2) is 4.79 Å². The second kappa shape index (κ2) is 4.57. The molecule has 1 aromatic heterocycles. The quantitative estimate of drug-likeness (QED) is 0.631. The fourth-order valence-electron chi connectivity index (χ4n) is 2.68. The maximum Gasteiger partial charge on any atom is 0.328 e. The zero-order valence-corrected chi connectivity index (χ0v) is 12.3. The van der Waals surface area contributed by atoms with Crippen LogP contribution < -0.4 is 10.1 Å². The Morgan fingerprint density at radius 2 is 2.33 bits per heavy atom. The van der Waals surface area contributed by atoms with Crippen LogP contribution in [0.3, 0.4) is 0 Å². The standard InChI is InChI=1S/C12H15N3O5S/c1-12(2)10(16)8(14-4-3-13-11(14)17)9-6(20-12)5-7(21-9)15(18)19/h5,8,10,16H,3-4H2,1-2H3,(H,13,17)/t8-,10+/m1/s1. The second-order valence-corrected chi connectivity index (χ2v) is 6.65. The first-order valence-corrected chi connectivity index (χ1v) is 7.32. The van der Waals surface area contributed by atoms with Gasteiger partial charge in [-0.05, 0) is 13.8 Å². The lowest BCUT2D eigenvalue weighted by Gasteiger charge is -2.43. The molecule has 1 aromatic rings. The molecular formula is C12H15N3O5S.